The van der Waals surface area contributed by atoms with Gasteiger partial charge in [0, 0.05) is 12.4 Å². The molecule has 1 amide bonds. The first kappa shape index (κ1) is 25.0. The predicted molar refractivity (Wildman–Crippen MR) is 126 cm³/mol. The van der Waals surface area contributed by atoms with Crippen molar-refractivity contribution < 1.29 is 27.9 Å². The molecule has 6 nitrogen and oxygen atoms in total. The first-order chi connectivity index (χ1) is 16.5. The summed E-state index contributed by atoms with van der Waals surface area (Å²) in [4.78, 5) is 24.7. The molecule has 186 valence electrons. The number of benzene rings is 2. The summed E-state index contributed by atoms with van der Waals surface area (Å²) in [5, 5.41) is 16.9. The third-order valence-electron chi connectivity index (χ3n) is 6.69. The number of carboxylic acids is 1. The van der Waals surface area contributed by atoms with Gasteiger partial charge in [-0.1, -0.05) is 36.7 Å². The van der Waals surface area contributed by atoms with Crippen molar-refractivity contribution in [2.75, 3.05) is 5.32 Å². The Morgan fingerprint density at radius 3 is 2.51 bits per heavy atom. The Morgan fingerprint density at radius 2 is 1.89 bits per heavy atom. The van der Waals surface area contributed by atoms with Gasteiger partial charge in [-0.15, -0.1) is 0 Å². The van der Waals surface area contributed by atoms with Crippen molar-refractivity contribution in [3.63, 3.8) is 0 Å². The molecule has 1 heterocycles. The third kappa shape index (κ3) is 5.45. The fourth-order valence-corrected chi connectivity index (χ4v) is 4.70. The van der Waals surface area contributed by atoms with E-state index in [1.807, 2.05) is 0 Å². The van der Waals surface area contributed by atoms with Crippen molar-refractivity contribution >= 4 is 40.1 Å². The van der Waals surface area contributed by atoms with Gasteiger partial charge in [-0.05, 0) is 54.0 Å². The number of amides is 1. The van der Waals surface area contributed by atoms with E-state index in [2.05, 4.69) is 10.4 Å². The van der Waals surface area contributed by atoms with Gasteiger partial charge in [0.15, 0.2) is 0 Å². The lowest BCUT2D eigenvalue weighted by Crippen LogP contribution is -2.34. The number of carboxylic acid groups (broad SMARTS) is 1. The number of anilines is 1. The molecule has 0 aliphatic heterocycles. The number of carbonyl (C=O) groups excluding carboxylic acids is 1. The van der Waals surface area contributed by atoms with Gasteiger partial charge in [-0.25, -0.2) is 0 Å². The molecular formula is C25H25ClF3N3O3. The molecule has 0 radical (unpaired) electrons. The van der Waals surface area contributed by atoms with Gasteiger partial charge in [-0.3, -0.25) is 14.3 Å². The van der Waals surface area contributed by atoms with E-state index in [0.29, 0.717) is 11.1 Å². The minimum Gasteiger partial charge on any atom is -0.481 e. The fraction of sp³-hybridized carbons (Fsp3) is 0.400. The van der Waals surface area contributed by atoms with Crippen LogP contribution < -0.4 is 5.32 Å². The summed E-state index contributed by atoms with van der Waals surface area (Å²) in [5.41, 5.74) is 1.66. The highest BCUT2D eigenvalue weighted by Gasteiger charge is 2.45. The maximum Gasteiger partial charge on any atom is 0.392 e. The number of aromatic nitrogens is 2. The molecule has 1 aliphatic carbocycles. The Kier molecular flexibility index (Phi) is 6.81. The van der Waals surface area contributed by atoms with Crippen molar-refractivity contribution in [2.24, 2.45) is 18.9 Å². The third-order valence-corrected chi connectivity index (χ3v) is 7.02. The van der Waals surface area contributed by atoms with Crippen LogP contribution in [-0.2, 0) is 16.6 Å². The number of hydrogen-bond donors (Lipinski definition) is 2. The lowest BCUT2D eigenvalue weighted by Gasteiger charge is -2.26. The quantitative estimate of drug-likeness (QED) is 0.385. The van der Waals surface area contributed by atoms with E-state index < -0.39 is 29.9 Å². The van der Waals surface area contributed by atoms with Gasteiger partial charge in [0.05, 0.1) is 40.7 Å². The molecule has 0 spiro atoms. The van der Waals surface area contributed by atoms with E-state index in [1.165, 1.54) is 16.8 Å². The minimum absolute atomic E-state index is 0.0713. The minimum atomic E-state index is -4.62. The molecule has 4 rings (SSSR count). The molecule has 2 N–H and O–H groups in total. The Balaban J connectivity index is 1.68. The highest BCUT2D eigenvalue weighted by molar-refractivity contribution is 6.33. The van der Waals surface area contributed by atoms with Crippen LogP contribution in [-0.4, -0.2) is 32.9 Å². The van der Waals surface area contributed by atoms with Gasteiger partial charge < -0.3 is 10.4 Å². The normalized spacial score (nSPS) is 16.6. The second-order valence-electron chi connectivity index (χ2n) is 9.16. The van der Waals surface area contributed by atoms with Crippen molar-refractivity contribution in [2.45, 2.75) is 44.2 Å². The highest BCUT2D eigenvalue weighted by atomic mass is 35.5. The van der Waals surface area contributed by atoms with Crippen LogP contribution in [0.2, 0.25) is 5.02 Å². The molecule has 1 fully saturated rings. The van der Waals surface area contributed by atoms with Crippen LogP contribution in [0.4, 0.5) is 18.9 Å². The molecule has 0 saturated heterocycles. The van der Waals surface area contributed by atoms with Crippen LogP contribution in [0.5, 0.6) is 0 Å². The number of fused-ring (bicyclic) bond motifs is 1. The van der Waals surface area contributed by atoms with Crippen molar-refractivity contribution in [3.8, 4) is 0 Å². The standard InChI is InChI=1S/C25H25ClF3N3O3/c1-13(25(27,28)29)23(16-5-6-17-12-30-32(2)21(17)10-16)24(35)31-20-9-15(7-8-19(20)26)18(11-22(33)34)14-3-4-14/h5-10,12-14,18,23H,3-4,11H2,1-2H3,(H,31,35)(H,33,34)/t13-,18+,23?/m1/s1. The lowest BCUT2D eigenvalue weighted by molar-refractivity contribution is -0.178. The van der Waals surface area contributed by atoms with E-state index >= 15 is 0 Å². The second kappa shape index (κ2) is 9.53. The summed E-state index contributed by atoms with van der Waals surface area (Å²) in [6, 6.07) is 9.50. The number of aryl methyl sites for hydroxylation is 1. The van der Waals surface area contributed by atoms with Crippen molar-refractivity contribution in [1.29, 1.82) is 0 Å². The molecule has 1 aliphatic rings. The summed E-state index contributed by atoms with van der Waals surface area (Å²) in [6.45, 7) is 0.978. The summed E-state index contributed by atoms with van der Waals surface area (Å²) in [7, 11) is 1.67. The summed E-state index contributed by atoms with van der Waals surface area (Å²) in [6.07, 6.45) is -1.28. The number of rotatable bonds is 8. The number of hydrogen-bond acceptors (Lipinski definition) is 3. The molecule has 2 aromatic carbocycles. The number of nitrogens with one attached hydrogen (secondary N) is 1. The summed E-state index contributed by atoms with van der Waals surface area (Å²) >= 11 is 6.29. The molecule has 1 aromatic heterocycles. The lowest BCUT2D eigenvalue weighted by atomic mass is 9.85. The fourth-order valence-electron chi connectivity index (χ4n) is 4.53. The molecular weight excluding hydrogens is 483 g/mol. The summed E-state index contributed by atoms with van der Waals surface area (Å²) in [5.74, 6) is -5.32. The Labute approximate surface area is 205 Å². The molecule has 1 unspecified atom stereocenters. The Hall–Kier alpha value is -3.07. The number of nitrogens with zero attached hydrogens (tertiary/aromatic N) is 2. The van der Waals surface area contributed by atoms with Crippen LogP contribution in [0.25, 0.3) is 10.9 Å². The number of halogens is 4. The van der Waals surface area contributed by atoms with Crippen LogP contribution in [0.1, 0.15) is 49.1 Å². The Bertz CT molecular complexity index is 1270. The maximum absolute atomic E-state index is 13.8. The van der Waals surface area contributed by atoms with E-state index in [-0.39, 0.29) is 34.5 Å². The maximum atomic E-state index is 13.8. The van der Waals surface area contributed by atoms with Crippen molar-refractivity contribution in [3.05, 3.63) is 58.7 Å². The molecule has 1 saturated carbocycles. The summed E-state index contributed by atoms with van der Waals surface area (Å²) < 4.78 is 42.9. The van der Waals surface area contributed by atoms with Gasteiger partial charge >= 0.3 is 12.1 Å². The second-order valence-corrected chi connectivity index (χ2v) is 9.57. The predicted octanol–water partition coefficient (Wildman–Crippen LogP) is 6.12. The van der Waals surface area contributed by atoms with E-state index in [9.17, 15) is 27.9 Å². The zero-order valence-electron chi connectivity index (χ0n) is 19.1. The average molecular weight is 508 g/mol. The van der Waals surface area contributed by atoms with Crippen LogP contribution >= 0.6 is 11.6 Å². The molecule has 0 bridgehead atoms. The zero-order valence-corrected chi connectivity index (χ0v) is 19.9. The monoisotopic (exact) mass is 507 g/mol. The van der Waals surface area contributed by atoms with Crippen LogP contribution in [0.15, 0.2) is 42.6 Å². The van der Waals surface area contributed by atoms with Gasteiger partial charge in [0.25, 0.3) is 0 Å². The Morgan fingerprint density at radius 1 is 1.20 bits per heavy atom. The van der Waals surface area contributed by atoms with E-state index in [4.69, 9.17) is 11.6 Å². The van der Waals surface area contributed by atoms with Crippen molar-refractivity contribution in [1.82, 2.24) is 9.78 Å². The molecule has 3 aromatic rings. The number of alkyl halides is 3. The highest BCUT2D eigenvalue weighted by Crippen LogP contribution is 2.46. The van der Waals surface area contributed by atoms with Gasteiger partial charge in [-0.2, -0.15) is 18.3 Å². The molecule has 10 heteroatoms. The zero-order chi connectivity index (χ0) is 25.5. The first-order valence-corrected chi connectivity index (χ1v) is 11.6. The van der Waals surface area contributed by atoms with E-state index in [1.54, 1.807) is 37.5 Å². The van der Waals surface area contributed by atoms with Crippen LogP contribution in [0, 0.1) is 11.8 Å². The number of aliphatic carboxylic acids is 1. The largest absolute Gasteiger partial charge is 0.481 e. The smallest absolute Gasteiger partial charge is 0.392 e. The number of carbonyl (C=O) groups is 2. The molecule has 3 atom stereocenters. The van der Waals surface area contributed by atoms with Crippen LogP contribution in [0.3, 0.4) is 0 Å². The van der Waals surface area contributed by atoms with Gasteiger partial charge in [0.2, 0.25) is 5.91 Å². The first-order valence-electron chi connectivity index (χ1n) is 11.3. The molecule has 35 heavy (non-hydrogen) atoms. The van der Waals surface area contributed by atoms with E-state index in [0.717, 1.165) is 25.2 Å². The van der Waals surface area contributed by atoms with Gasteiger partial charge in [0.1, 0.15) is 0 Å². The SMILES string of the molecule is C[C@H](C(C(=O)Nc1cc([C@@H](CC(=O)O)C2CC2)ccc1Cl)c1ccc2cnn(C)c2c1)C(F)(F)F. The topological polar surface area (TPSA) is 84.2 Å². The average Bonchev–Trinajstić information content (AvgIpc) is 3.56.